The number of aromatic nitrogens is 1. The zero-order chi connectivity index (χ0) is 25.4. The second-order valence-electron chi connectivity index (χ2n) is 8.59. The first-order valence-electron chi connectivity index (χ1n) is 11.2. The minimum absolute atomic E-state index is 0.147. The molecule has 4 heterocycles. The van der Waals surface area contributed by atoms with Crippen LogP contribution < -0.4 is 15.4 Å². The van der Waals surface area contributed by atoms with Crippen molar-refractivity contribution >= 4 is 29.6 Å². The molecule has 2 aromatic heterocycles. The third-order valence-corrected chi connectivity index (χ3v) is 6.41. The van der Waals surface area contributed by atoms with Gasteiger partial charge >= 0.3 is 6.03 Å². The molecule has 3 aromatic rings. The molecule has 1 atom stereocenters. The van der Waals surface area contributed by atoms with Gasteiger partial charge in [-0.15, -0.1) is 0 Å². The van der Waals surface area contributed by atoms with E-state index in [9.17, 15) is 14.4 Å². The summed E-state index contributed by atoms with van der Waals surface area (Å²) in [7, 11) is 1.52. The summed E-state index contributed by atoms with van der Waals surface area (Å²) in [5.41, 5.74) is 1.26. The molecule has 0 radical (unpaired) electrons. The Balaban J connectivity index is 1.48. The quantitative estimate of drug-likeness (QED) is 0.331. The number of imide groups is 1. The van der Waals surface area contributed by atoms with Crippen molar-refractivity contribution in [2.24, 2.45) is 0 Å². The number of furan rings is 1. The monoisotopic (exact) mass is 485 g/mol. The van der Waals surface area contributed by atoms with Crippen LogP contribution in [-0.4, -0.2) is 47.1 Å². The molecule has 1 unspecified atom stereocenters. The maximum absolute atomic E-state index is 13.2. The van der Waals surface area contributed by atoms with Crippen LogP contribution in [0.15, 0.2) is 59.8 Å². The highest BCUT2D eigenvalue weighted by atomic mass is 16.5. The lowest BCUT2D eigenvalue weighted by molar-refractivity contribution is -0.125. The smallest absolute Gasteiger partial charge is 0.322 e. The lowest BCUT2D eigenvalue weighted by Gasteiger charge is -2.29. The molecule has 2 aliphatic rings. The SMILES string of the molecule is C=Cc1oc(C2(CN3Cc4ccc(OC)cc4C3=O)NC(=O)NC2=O)cc1CC(=N)c1ccncc1. The third kappa shape index (κ3) is 3.82. The Bertz CT molecular complexity index is 1410. The zero-order valence-electron chi connectivity index (χ0n) is 19.5. The molecule has 0 spiro atoms. The summed E-state index contributed by atoms with van der Waals surface area (Å²) in [5, 5.41) is 13.4. The van der Waals surface area contributed by atoms with Crippen LogP contribution in [0.2, 0.25) is 0 Å². The Morgan fingerprint density at radius 3 is 2.69 bits per heavy atom. The number of fused-ring (bicyclic) bond motifs is 1. The van der Waals surface area contributed by atoms with Crippen LogP contribution in [0.1, 0.15) is 38.6 Å². The molecule has 10 nitrogen and oxygen atoms in total. The summed E-state index contributed by atoms with van der Waals surface area (Å²) in [5.74, 6) is 0.160. The number of benzene rings is 1. The van der Waals surface area contributed by atoms with E-state index in [1.807, 2.05) is 0 Å². The van der Waals surface area contributed by atoms with Gasteiger partial charge in [-0.2, -0.15) is 0 Å². The third-order valence-electron chi connectivity index (χ3n) is 6.41. The molecule has 4 amide bonds. The lowest BCUT2D eigenvalue weighted by atomic mass is 9.94. The highest BCUT2D eigenvalue weighted by molar-refractivity contribution is 6.08. The van der Waals surface area contributed by atoms with Gasteiger partial charge in [0.25, 0.3) is 11.8 Å². The van der Waals surface area contributed by atoms with E-state index in [0.29, 0.717) is 33.9 Å². The highest BCUT2D eigenvalue weighted by Gasteiger charge is 2.53. The molecule has 1 saturated heterocycles. The number of ether oxygens (including phenoxy) is 1. The van der Waals surface area contributed by atoms with Crippen molar-refractivity contribution in [1.82, 2.24) is 20.5 Å². The molecular weight excluding hydrogens is 462 g/mol. The van der Waals surface area contributed by atoms with E-state index in [4.69, 9.17) is 14.6 Å². The van der Waals surface area contributed by atoms with Gasteiger partial charge < -0.3 is 24.8 Å². The molecule has 5 rings (SSSR count). The van der Waals surface area contributed by atoms with Gasteiger partial charge in [0.1, 0.15) is 17.3 Å². The van der Waals surface area contributed by atoms with Crippen LogP contribution in [-0.2, 0) is 23.3 Å². The predicted molar refractivity (Wildman–Crippen MR) is 130 cm³/mol. The first kappa shape index (κ1) is 23.0. The Hall–Kier alpha value is -4.73. The number of pyridine rings is 1. The van der Waals surface area contributed by atoms with Crippen molar-refractivity contribution in [3.8, 4) is 5.75 Å². The van der Waals surface area contributed by atoms with Crippen molar-refractivity contribution in [1.29, 1.82) is 5.41 Å². The second kappa shape index (κ2) is 8.81. The Labute approximate surface area is 206 Å². The molecule has 3 N–H and O–H groups in total. The van der Waals surface area contributed by atoms with E-state index in [1.165, 1.54) is 18.1 Å². The molecular formula is C26H23N5O5. The van der Waals surface area contributed by atoms with Gasteiger partial charge in [-0.1, -0.05) is 12.6 Å². The van der Waals surface area contributed by atoms with Crippen molar-refractivity contribution in [3.63, 3.8) is 0 Å². The van der Waals surface area contributed by atoms with Crippen molar-refractivity contribution < 1.29 is 23.5 Å². The fraction of sp³-hybridized carbons (Fsp3) is 0.192. The minimum atomic E-state index is -1.65. The maximum Gasteiger partial charge on any atom is 0.322 e. The molecule has 1 aromatic carbocycles. The predicted octanol–water partition coefficient (Wildman–Crippen LogP) is 2.63. The summed E-state index contributed by atoms with van der Waals surface area (Å²) in [4.78, 5) is 44.1. The van der Waals surface area contributed by atoms with E-state index >= 15 is 0 Å². The van der Waals surface area contributed by atoms with Crippen molar-refractivity contribution in [3.05, 3.63) is 89.1 Å². The minimum Gasteiger partial charge on any atom is -0.497 e. The zero-order valence-corrected chi connectivity index (χ0v) is 19.5. The Morgan fingerprint density at radius 1 is 1.25 bits per heavy atom. The summed E-state index contributed by atoms with van der Waals surface area (Å²) >= 11 is 0. The van der Waals surface area contributed by atoms with Crippen LogP contribution in [0, 0.1) is 5.41 Å². The molecule has 182 valence electrons. The number of hydrogen-bond donors (Lipinski definition) is 3. The van der Waals surface area contributed by atoms with E-state index < -0.39 is 17.5 Å². The molecule has 0 bridgehead atoms. The first-order valence-corrected chi connectivity index (χ1v) is 11.2. The van der Waals surface area contributed by atoms with Gasteiger partial charge in [0.05, 0.1) is 13.7 Å². The molecule has 36 heavy (non-hydrogen) atoms. The van der Waals surface area contributed by atoms with E-state index in [2.05, 4.69) is 22.2 Å². The number of methoxy groups -OCH3 is 1. The highest BCUT2D eigenvalue weighted by Crippen LogP contribution is 2.35. The van der Waals surface area contributed by atoms with Crippen LogP contribution in [0.5, 0.6) is 5.75 Å². The van der Waals surface area contributed by atoms with Gasteiger partial charge in [0.15, 0.2) is 5.54 Å². The number of carbonyl (C=O) groups is 3. The fourth-order valence-electron chi connectivity index (χ4n) is 4.55. The number of hydrogen-bond acceptors (Lipinski definition) is 7. The van der Waals surface area contributed by atoms with Crippen LogP contribution >= 0.6 is 0 Å². The summed E-state index contributed by atoms with van der Waals surface area (Å²) in [6.07, 6.45) is 4.90. The summed E-state index contributed by atoms with van der Waals surface area (Å²) < 4.78 is 11.2. The number of carbonyl (C=O) groups excluding carboxylic acids is 3. The van der Waals surface area contributed by atoms with Gasteiger partial charge in [0.2, 0.25) is 0 Å². The molecule has 1 fully saturated rings. The van der Waals surface area contributed by atoms with E-state index in [1.54, 1.807) is 48.8 Å². The number of rotatable bonds is 8. The molecule has 0 saturated carbocycles. The van der Waals surface area contributed by atoms with Crippen molar-refractivity contribution in [2.45, 2.75) is 18.5 Å². The van der Waals surface area contributed by atoms with Crippen LogP contribution in [0.3, 0.4) is 0 Å². The molecule has 2 aliphatic heterocycles. The number of nitrogens with one attached hydrogen (secondary N) is 3. The Morgan fingerprint density at radius 2 is 2.03 bits per heavy atom. The van der Waals surface area contributed by atoms with Gasteiger partial charge in [-0.05, 0) is 47.5 Å². The van der Waals surface area contributed by atoms with E-state index in [0.717, 1.165) is 5.56 Å². The van der Waals surface area contributed by atoms with Crippen LogP contribution in [0.25, 0.3) is 6.08 Å². The lowest BCUT2D eigenvalue weighted by Crippen LogP contribution is -2.52. The average molecular weight is 486 g/mol. The maximum atomic E-state index is 13.2. The normalized spacial score (nSPS) is 18.6. The summed E-state index contributed by atoms with van der Waals surface area (Å²) in [6.45, 7) is 3.90. The average Bonchev–Trinajstić information content (AvgIpc) is 3.53. The fourth-order valence-corrected chi connectivity index (χ4v) is 4.55. The van der Waals surface area contributed by atoms with Gasteiger partial charge in [-0.3, -0.25) is 19.9 Å². The topological polar surface area (TPSA) is 138 Å². The van der Waals surface area contributed by atoms with Gasteiger partial charge in [-0.25, -0.2) is 4.79 Å². The van der Waals surface area contributed by atoms with Gasteiger partial charge in [0, 0.05) is 42.2 Å². The summed E-state index contributed by atoms with van der Waals surface area (Å²) in [6, 6.07) is 9.63. The number of nitrogens with zero attached hydrogens (tertiary/aromatic N) is 2. The number of urea groups is 1. The van der Waals surface area contributed by atoms with E-state index in [-0.39, 0.29) is 31.2 Å². The van der Waals surface area contributed by atoms with Crippen LogP contribution in [0.4, 0.5) is 4.79 Å². The van der Waals surface area contributed by atoms with Crippen molar-refractivity contribution in [2.75, 3.05) is 13.7 Å². The largest absolute Gasteiger partial charge is 0.497 e. The first-order chi connectivity index (χ1) is 17.3. The standard InChI is InChI=1S/C26H23N5O5/c1-3-21-17(10-20(27)15-6-8-28-9-7-15)11-22(36-21)26(24(33)29-25(34)30-26)14-31-13-16-4-5-18(35-2)12-19(16)23(31)32/h3-9,11-12,27H,1,10,13-14H2,2H3,(H2,29,30,33,34). The molecule has 0 aliphatic carbocycles. The Kier molecular flexibility index (Phi) is 5.63. The second-order valence-corrected chi connectivity index (χ2v) is 8.59. The molecule has 10 heteroatoms. The number of amides is 4.